The zero-order chi connectivity index (χ0) is 14.0. The van der Waals surface area contributed by atoms with E-state index in [1.807, 2.05) is 6.92 Å². The number of hydrogen-bond acceptors (Lipinski definition) is 2. The van der Waals surface area contributed by atoms with Gasteiger partial charge in [-0.05, 0) is 37.0 Å². The smallest absolute Gasteiger partial charge is 0.326 e. The van der Waals surface area contributed by atoms with E-state index in [0.717, 1.165) is 12.8 Å². The van der Waals surface area contributed by atoms with Crippen LogP contribution in [0.3, 0.4) is 0 Å². The van der Waals surface area contributed by atoms with Crippen LogP contribution in [0.4, 0.5) is 0 Å². The van der Waals surface area contributed by atoms with Crippen LogP contribution in [0.1, 0.15) is 30.1 Å². The van der Waals surface area contributed by atoms with Crippen molar-refractivity contribution in [2.45, 2.75) is 25.8 Å². The molecule has 1 amide bonds. The van der Waals surface area contributed by atoms with E-state index >= 15 is 0 Å². The molecule has 1 aliphatic heterocycles. The summed E-state index contributed by atoms with van der Waals surface area (Å²) in [6.07, 6.45) is 1.66. The Hall–Kier alpha value is -1.55. The van der Waals surface area contributed by atoms with Crippen LogP contribution in [-0.2, 0) is 4.79 Å². The van der Waals surface area contributed by atoms with Crippen LogP contribution in [0.5, 0.6) is 0 Å². The fourth-order valence-corrected chi connectivity index (χ4v) is 2.77. The Kier molecular flexibility index (Phi) is 4.10. The van der Waals surface area contributed by atoms with E-state index in [1.165, 1.54) is 4.90 Å². The number of amides is 1. The lowest BCUT2D eigenvalue weighted by Crippen LogP contribution is -2.51. The fourth-order valence-electron chi connectivity index (χ4n) is 2.58. The molecule has 0 saturated carbocycles. The highest BCUT2D eigenvalue weighted by Gasteiger charge is 2.37. The van der Waals surface area contributed by atoms with Crippen LogP contribution >= 0.6 is 11.6 Å². The number of carbonyl (C=O) groups is 2. The average molecular weight is 282 g/mol. The maximum absolute atomic E-state index is 12.4. The third-order valence-electron chi connectivity index (χ3n) is 3.52. The molecule has 0 bridgehead atoms. The first-order valence-corrected chi connectivity index (χ1v) is 6.68. The standard InChI is InChI=1S/C14H16ClNO3/c1-9-4-3-7-16(12(9)14(18)19)13(17)10-5-2-6-11(15)8-10/h2,5-6,8-9,12H,3-4,7H2,1H3,(H,18,19). The Morgan fingerprint density at radius 2 is 2.16 bits per heavy atom. The minimum absolute atomic E-state index is 0.0330. The molecule has 1 aliphatic rings. The number of carboxylic acids is 1. The SMILES string of the molecule is CC1CCCN(C(=O)c2cccc(Cl)c2)C1C(=O)O. The highest BCUT2D eigenvalue weighted by Crippen LogP contribution is 2.25. The number of likely N-dealkylation sites (tertiary alicyclic amines) is 1. The first kappa shape index (κ1) is 13.9. The van der Waals surface area contributed by atoms with Crippen LogP contribution < -0.4 is 0 Å². The summed E-state index contributed by atoms with van der Waals surface area (Å²) < 4.78 is 0. The average Bonchev–Trinajstić information content (AvgIpc) is 2.37. The Balaban J connectivity index is 2.28. The number of nitrogens with zero attached hydrogens (tertiary/aromatic N) is 1. The Morgan fingerprint density at radius 1 is 1.42 bits per heavy atom. The van der Waals surface area contributed by atoms with Crippen molar-refractivity contribution >= 4 is 23.5 Å². The number of carbonyl (C=O) groups excluding carboxylic acids is 1. The predicted molar refractivity (Wildman–Crippen MR) is 72.3 cm³/mol. The van der Waals surface area contributed by atoms with E-state index in [4.69, 9.17) is 11.6 Å². The minimum atomic E-state index is -0.942. The summed E-state index contributed by atoms with van der Waals surface area (Å²) in [7, 11) is 0. The normalized spacial score (nSPS) is 23.2. The van der Waals surface area contributed by atoms with Gasteiger partial charge >= 0.3 is 5.97 Å². The molecule has 102 valence electrons. The molecule has 0 aromatic heterocycles. The topological polar surface area (TPSA) is 57.6 Å². The molecule has 1 heterocycles. The lowest BCUT2D eigenvalue weighted by Gasteiger charge is -2.37. The molecule has 0 spiro atoms. The molecular formula is C14H16ClNO3. The summed E-state index contributed by atoms with van der Waals surface area (Å²) in [5, 5.41) is 9.78. The minimum Gasteiger partial charge on any atom is -0.480 e. The van der Waals surface area contributed by atoms with Gasteiger partial charge in [-0.15, -0.1) is 0 Å². The van der Waals surface area contributed by atoms with Gasteiger partial charge in [-0.25, -0.2) is 4.79 Å². The van der Waals surface area contributed by atoms with E-state index < -0.39 is 12.0 Å². The predicted octanol–water partition coefficient (Wildman–Crippen LogP) is 2.67. The molecule has 0 radical (unpaired) electrons. The number of aliphatic carboxylic acids is 1. The number of benzene rings is 1. The summed E-state index contributed by atoms with van der Waals surface area (Å²) in [6, 6.07) is 5.86. The molecule has 5 heteroatoms. The van der Waals surface area contributed by atoms with Crippen LogP contribution in [0.25, 0.3) is 0 Å². The first-order chi connectivity index (χ1) is 9.00. The van der Waals surface area contributed by atoms with Crippen molar-refractivity contribution in [2.24, 2.45) is 5.92 Å². The fraction of sp³-hybridized carbons (Fsp3) is 0.429. The van der Waals surface area contributed by atoms with Gasteiger partial charge in [-0.1, -0.05) is 24.6 Å². The van der Waals surface area contributed by atoms with Gasteiger partial charge in [-0.2, -0.15) is 0 Å². The van der Waals surface area contributed by atoms with Gasteiger partial charge in [0.05, 0.1) is 0 Å². The molecule has 1 N–H and O–H groups in total. The van der Waals surface area contributed by atoms with Crippen molar-refractivity contribution < 1.29 is 14.7 Å². The molecule has 4 nitrogen and oxygen atoms in total. The molecule has 1 saturated heterocycles. The van der Waals surface area contributed by atoms with Crippen LogP contribution in [0.2, 0.25) is 5.02 Å². The van der Waals surface area contributed by atoms with Gasteiger partial charge in [0.1, 0.15) is 6.04 Å². The number of rotatable bonds is 2. The van der Waals surface area contributed by atoms with Crippen molar-refractivity contribution in [3.8, 4) is 0 Å². The van der Waals surface area contributed by atoms with Crippen molar-refractivity contribution in [1.82, 2.24) is 4.90 Å². The maximum Gasteiger partial charge on any atom is 0.326 e. The van der Waals surface area contributed by atoms with Gasteiger partial charge in [0.15, 0.2) is 0 Å². The second-order valence-electron chi connectivity index (χ2n) is 4.91. The van der Waals surface area contributed by atoms with Crippen molar-refractivity contribution in [2.75, 3.05) is 6.54 Å². The lowest BCUT2D eigenvalue weighted by molar-refractivity contribution is -0.145. The molecule has 2 rings (SSSR count). The van der Waals surface area contributed by atoms with Gasteiger partial charge in [-0.3, -0.25) is 4.79 Å². The largest absolute Gasteiger partial charge is 0.480 e. The van der Waals surface area contributed by atoms with Crippen LogP contribution in [-0.4, -0.2) is 34.5 Å². The molecule has 1 aromatic carbocycles. The second kappa shape index (κ2) is 5.61. The second-order valence-corrected chi connectivity index (χ2v) is 5.35. The van der Waals surface area contributed by atoms with Crippen molar-refractivity contribution in [1.29, 1.82) is 0 Å². The summed E-state index contributed by atoms with van der Waals surface area (Å²) in [5.74, 6) is -1.24. The summed E-state index contributed by atoms with van der Waals surface area (Å²) in [5.41, 5.74) is 0.438. The quantitative estimate of drug-likeness (QED) is 0.907. The summed E-state index contributed by atoms with van der Waals surface area (Å²) >= 11 is 5.87. The van der Waals surface area contributed by atoms with Gasteiger partial charge in [0.25, 0.3) is 5.91 Å². The maximum atomic E-state index is 12.4. The van der Waals surface area contributed by atoms with Gasteiger partial charge < -0.3 is 10.0 Å². The zero-order valence-corrected chi connectivity index (χ0v) is 11.4. The number of piperidine rings is 1. The monoisotopic (exact) mass is 281 g/mol. The Labute approximate surface area is 117 Å². The first-order valence-electron chi connectivity index (χ1n) is 6.30. The molecule has 19 heavy (non-hydrogen) atoms. The van der Waals surface area contributed by atoms with Crippen molar-refractivity contribution in [3.63, 3.8) is 0 Å². The third kappa shape index (κ3) is 2.89. The van der Waals surface area contributed by atoms with E-state index in [2.05, 4.69) is 0 Å². The molecule has 2 atom stereocenters. The Morgan fingerprint density at radius 3 is 2.79 bits per heavy atom. The van der Waals surface area contributed by atoms with E-state index in [-0.39, 0.29) is 11.8 Å². The third-order valence-corrected chi connectivity index (χ3v) is 3.75. The number of hydrogen-bond donors (Lipinski definition) is 1. The highest BCUT2D eigenvalue weighted by molar-refractivity contribution is 6.31. The number of halogens is 1. The lowest BCUT2D eigenvalue weighted by atomic mass is 9.90. The van der Waals surface area contributed by atoms with Crippen molar-refractivity contribution in [3.05, 3.63) is 34.9 Å². The molecule has 2 unspecified atom stereocenters. The van der Waals surface area contributed by atoms with E-state index in [1.54, 1.807) is 24.3 Å². The Bertz CT molecular complexity index is 503. The van der Waals surface area contributed by atoms with Gasteiger partial charge in [0, 0.05) is 17.1 Å². The molecular weight excluding hydrogens is 266 g/mol. The van der Waals surface area contributed by atoms with Gasteiger partial charge in [0.2, 0.25) is 0 Å². The van der Waals surface area contributed by atoms with E-state index in [9.17, 15) is 14.7 Å². The van der Waals surface area contributed by atoms with Crippen LogP contribution in [0.15, 0.2) is 24.3 Å². The molecule has 1 aromatic rings. The summed E-state index contributed by atoms with van der Waals surface area (Å²) in [4.78, 5) is 25.2. The molecule has 1 fully saturated rings. The number of carboxylic acid groups (broad SMARTS) is 1. The highest BCUT2D eigenvalue weighted by atomic mass is 35.5. The summed E-state index contributed by atoms with van der Waals surface area (Å²) in [6.45, 7) is 2.35. The van der Waals surface area contributed by atoms with Crippen LogP contribution in [0, 0.1) is 5.92 Å². The molecule has 0 aliphatic carbocycles. The van der Waals surface area contributed by atoms with E-state index in [0.29, 0.717) is 17.1 Å². The zero-order valence-electron chi connectivity index (χ0n) is 10.7.